The number of ether oxygens (including phenoxy) is 2. The summed E-state index contributed by atoms with van der Waals surface area (Å²) in [5.41, 5.74) is 0.882. The smallest absolute Gasteiger partial charge is 0.232 e. The van der Waals surface area contributed by atoms with Crippen LogP contribution in [0, 0.1) is 5.82 Å². The van der Waals surface area contributed by atoms with E-state index in [9.17, 15) is 17.6 Å². The van der Waals surface area contributed by atoms with Crippen LogP contribution in [0.15, 0.2) is 36.4 Å². The topological polar surface area (TPSA) is 84.9 Å². The first kappa shape index (κ1) is 20.5. The lowest BCUT2D eigenvalue weighted by atomic mass is 10.1. The lowest BCUT2D eigenvalue weighted by Crippen LogP contribution is -2.26. The van der Waals surface area contributed by atoms with Gasteiger partial charge in [0.15, 0.2) is 11.5 Å². The molecule has 0 saturated carbocycles. The Balaban J connectivity index is 2.24. The van der Waals surface area contributed by atoms with Gasteiger partial charge >= 0.3 is 0 Å². The SMILES string of the molecule is COc1ccc(CC(=O)Nc2cc(F)ccc2N(C)S(C)(=O)=O)cc1OC. The van der Waals surface area contributed by atoms with Crippen LogP contribution >= 0.6 is 0 Å². The molecule has 0 heterocycles. The fourth-order valence-electron chi connectivity index (χ4n) is 2.43. The van der Waals surface area contributed by atoms with E-state index in [4.69, 9.17) is 9.47 Å². The Morgan fingerprint density at radius 2 is 1.78 bits per heavy atom. The summed E-state index contributed by atoms with van der Waals surface area (Å²) in [6, 6.07) is 8.53. The highest BCUT2D eigenvalue weighted by Crippen LogP contribution is 2.29. The number of amides is 1. The molecule has 0 saturated heterocycles. The predicted octanol–water partition coefficient (Wildman–Crippen LogP) is 2.42. The number of carbonyl (C=O) groups excluding carboxylic acids is 1. The van der Waals surface area contributed by atoms with Crippen molar-refractivity contribution >= 4 is 27.3 Å². The number of halogens is 1. The molecule has 0 aromatic heterocycles. The second-order valence-corrected chi connectivity index (χ2v) is 7.82. The van der Waals surface area contributed by atoms with Gasteiger partial charge in [-0.25, -0.2) is 12.8 Å². The molecule has 7 nitrogen and oxygen atoms in total. The molecule has 0 aliphatic rings. The van der Waals surface area contributed by atoms with Gasteiger partial charge in [-0.05, 0) is 35.9 Å². The third kappa shape index (κ3) is 5.10. The highest BCUT2D eigenvalue weighted by atomic mass is 32.2. The van der Waals surface area contributed by atoms with Gasteiger partial charge in [-0.3, -0.25) is 9.10 Å². The van der Waals surface area contributed by atoms with Gasteiger partial charge in [0.25, 0.3) is 0 Å². The third-order valence-corrected chi connectivity index (χ3v) is 5.07. The Bertz CT molecular complexity index is 947. The summed E-state index contributed by atoms with van der Waals surface area (Å²) in [5, 5.41) is 2.56. The maximum absolute atomic E-state index is 13.6. The van der Waals surface area contributed by atoms with E-state index >= 15 is 0 Å². The summed E-state index contributed by atoms with van der Waals surface area (Å²) < 4.78 is 48.5. The summed E-state index contributed by atoms with van der Waals surface area (Å²) in [6.45, 7) is 0. The molecule has 0 radical (unpaired) electrons. The van der Waals surface area contributed by atoms with Crippen molar-refractivity contribution in [3.05, 3.63) is 47.8 Å². The lowest BCUT2D eigenvalue weighted by Gasteiger charge is -2.20. The Morgan fingerprint density at radius 1 is 1.11 bits per heavy atom. The van der Waals surface area contributed by atoms with Crippen LogP contribution in [0.2, 0.25) is 0 Å². The standard InChI is InChI=1S/C18H21FN2O5S/c1-21(27(4,23)24)15-7-6-13(19)11-14(15)20-18(22)10-12-5-8-16(25-2)17(9-12)26-3/h5-9,11H,10H2,1-4H3,(H,20,22). The summed E-state index contributed by atoms with van der Waals surface area (Å²) in [6.07, 6.45) is 1.00. The van der Waals surface area contributed by atoms with Crippen LogP contribution in [0.3, 0.4) is 0 Å². The minimum absolute atomic E-state index is 0.0150. The molecule has 146 valence electrons. The fourth-order valence-corrected chi connectivity index (χ4v) is 2.95. The van der Waals surface area contributed by atoms with E-state index in [0.717, 1.165) is 22.7 Å². The zero-order valence-corrected chi connectivity index (χ0v) is 16.3. The van der Waals surface area contributed by atoms with Crippen LogP contribution in [0.25, 0.3) is 0 Å². The molecule has 0 aliphatic heterocycles. The van der Waals surface area contributed by atoms with Crippen LogP contribution in [-0.4, -0.2) is 41.8 Å². The van der Waals surface area contributed by atoms with Gasteiger partial charge in [0.05, 0.1) is 38.3 Å². The predicted molar refractivity (Wildman–Crippen MR) is 102 cm³/mol. The Morgan fingerprint density at radius 3 is 2.37 bits per heavy atom. The van der Waals surface area contributed by atoms with Gasteiger partial charge in [-0.2, -0.15) is 0 Å². The quantitative estimate of drug-likeness (QED) is 0.777. The number of hydrogen-bond acceptors (Lipinski definition) is 5. The largest absolute Gasteiger partial charge is 0.493 e. The van der Waals surface area contributed by atoms with Gasteiger partial charge < -0.3 is 14.8 Å². The van der Waals surface area contributed by atoms with Gasteiger partial charge in [0.1, 0.15) is 5.82 Å². The molecule has 0 spiro atoms. The molecular formula is C18H21FN2O5S. The van der Waals surface area contributed by atoms with Crippen LogP contribution in [-0.2, 0) is 21.2 Å². The second kappa shape index (κ2) is 8.26. The van der Waals surface area contributed by atoms with Crippen molar-refractivity contribution < 1.29 is 27.1 Å². The number of methoxy groups -OCH3 is 2. The van der Waals surface area contributed by atoms with Gasteiger partial charge in [0.2, 0.25) is 15.9 Å². The molecule has 9 heteroatoms. The van der Waals surface area contributed by atoms with Crippen molar-refractivity contribution in [1.29, 1.82) is 0 Å². The minimum atomic E-state index is -3.57. The number of benzene rings is 2. The van der Waals surface area contributed by atoms with Crippen molar-refractivity contribution in [2.75, 3.05) is 37.1 Å². The molecule has 0 bridgehead atoms. The summed E-state index contributed by atoms with van der Waals surface area (Å²) in [7, 11) is 0.748. The van der Waals surface area contributed by atoms with Crippen LogP contribution in [0.5, 0.6) is 11.5 Å². The van der Waals surface area contributed by atoms with E-state index in [1.54, 1.807) is 18.2 Å². The number of sulfonamides is 1. The van der Waals surface area contributed by atoms with Crippen molar-refractivity contribution in [2.24, 2.45) is 0 Å². The molecule has 27 heavy (non-hydrogen) atoms. The number of carbonyl (C=O) groups is 1. The van der Waals surface area contributed by atoms with Gasteiger partial charge in [0, 0.05) is 7.05 Å². The summed E-state index contributed by atoms with van der Waals surface area (Å²) >= 11 is 0. The van der Waals surface area contributed by atoms with Crippen LogP contribution in [0.4, 0.5) is 15.8 Å². The number of nitrogens with one attached hydrogen (secondary N) is 1. The minimum Gasteiger partial charge on any atom is -0.493 e. The summed E-state index contributed by atoms with van der Waals surface area (Å²) in [5.74, 6) is -0.0204. The zero-order chi connectivity index (χ0) is 20.2. The average Bonchev–Trinajstić information content (AvgIpc) is 2.60. The molecule has 0 fully saturated rings. The normalized spacial score (nSPS) is 11.0. The van der Waals surface area contributed by atoms with E-state index < -0.39 is 21.7 Å². The lowest BCUT2D eigenvalue weighted by molar-refractivity contribution is -0.115. The summed E-state index contributed by atoms with van der Waals surface area (Å²) in [4.78, 5) is 12.4. The number of anilines is 2. The Labute approximate surface area is 157 Å². The molecule has 0 aliphatic carbocycles. The van der Waals surface area contributed by atoms with Crippen molar-refractivity contribution in [3.8, 4) is 11.5 Å². The van der Waals surface area contributed by atoms with E-state index in [1.807, 2.05) is 0 Å². The van der Waals surface area contributed by atoms with Crippen molar-refractivity contribution in [3.63, 3.8) is 0 Å². The molecule has 2 aromatic carbocycles. The first-order valence-corrected chi connectivity index (χ1v) is 9.74. The number of rotatable bonds is 7. The maximum Gasteiger partial charge on any atom is 0.232 e. The van der Waals surface area contributed by atoms with E-state index in [2.05, 4.69) is 5.32 Å². The maximum atomic E-state index is 13.6. The molecule has 0 unspecified atom stereocenters. The molecule has 2 rings (SSSR count). The molecule has 0 atom stereocenters. The first-order chi connectivity index (χ1) is 12.7. The highest BCUT2D eigenvalue weighted by Gasteiger charge is 2.18. The Kier molecular flexibility index (Phi) is 6.27. The van der Waals surface area contributed by atoms with Gasteiger partial charge in [-0.1, -0.05) is 6.07 Å². The van der Waals surface area contributed by atoms with Crippen molar-refractivity contribution in [2.45, 2.75) is 6.42 Å². The number of nitrogens with zero attached hydrogens (tertiary/aromatic N) is 1. The van der Waals surface area contributed by atoms with Gasteiger partial charge in [-0.15, -0.1) is 0 Å². The highest BCUT2D eigenvalue weighted by molar-refractivity contribution is 7.92. The Hall–Kier alpha value is -2.81. The monoisotopic (exact) mass is 396 g/mol. The van der Waals surface area contributed by atoms with Crippen LogP contribution < -0.4 is 19.1 Å². The van der Waals surface area contributed by atoms with E-state index in [1.165, 1.54) is 27.3 Å². The molecule has 1 N–H and O–H groups in total. The third-order valence-electron chi connectivity index (χ3n) is 3.88. The van der Waals surface area contributed by atoms with Crippen molar-refractivity contribution in [1.82, 2.24) is 0 Å². The molecular weight excluding hydrogens is 375 g/mol. The van der Waals surface area contributed by atoms with E-state index in [-0.39, 0.29) is 17.8 Å². The average molecular weight is 396 g/mol. The second-order valence-electron chi connectivity index (χ2n) is 5.81. The zero-order valence-electron chi connectivity index (χ0n) is 15.4. The van der Waals surface area contributed by atoms with E-state index in [0.29, 0.717) is 17.1 Å². The first-order valence-electron chi connectivity index (χ1n) is 7.90. The fraction of sp³-hybridized carbons (Fsp3) is 0.278. The van der Waals surface area contributed by atoms with Crippen LogP contribution in [0.1, 0.15) is 5.56 Å². The number of hydrogen-bond donors (Lipinski definition) is 1. The molecule has 1 amide bonds. The molecule has 2 aromatic rings.